The SMILES string of the molecule is CCc1ccc(CNCc2cccc3cnccc23)cc1. The third-order valence-corrected chi connectivity index (χ3v) is 3.85. The zero-order valence-electron chi connectivity index (χ0n) is 12.3. The summed E-state index contributed by atoms with van der Waals surface area (Å²) in [5, 5.41) is 6.00. The predicted octanol–water partition coefficient (Wildman–Crippen LogP) is 4.09. The fourth-order valence-electron chi connectivity index (χ4n) is 2.58. The molecule has 2 aromatic carbocycles. The molecular weight excluding hydrogens is 256 g/mol. The highest BCUT2D eigenvalue weighted by Crippen LogP contribution is 2.17. The van der Waals surface area contributed by atoms with E-state index in [4.69, 9.17) is 0 Å². The second-order valence-corrected chi connectivity index (χ2v) is 5.29. The van der Waals surface area contributed by atoms with E-state index in [1.165, 1.54) is 27.5 Å². The van der Waals surface area contributed by atoms with E-state index >= 15 is 0 Å². The molecule has 21 heavy (non-hydrogen) atoms. The van der Waals surface area contributed by atoms with Crippen molar-refractivity contribution in [3.63, 3.8) is 0 Å². The second kappa shape index (κ2) is 6.51. The van der Waals surface area contributed by atoms with Gasteiger partial charge in [-0.3, -0.25) is 4.98 Å². The third-order valence-electron chi connectivity index (χ3n) is 3.85. The highest BCUT2D eigenvalue weighted by molar-refractivity contribution is 5.84. The van der Waals surface area contributed by atoms with E-state index in [9.17, 15) is 0 Å². The van der Waals surface area contributed by atoms with Crippen LogP contribution in [-0.4, -0.2) is 4.98 Å². The van der Waals surface area contributed by atoms with Gasteiger partial charge < -0.3 is 5.32 Å². The van der Waals surface area contributed by atoms with Gasteiger partial charge in [-0.1, -0.05) is 49.4 Å². The van der Waals surface area contributed by atoms with Crippen molar-refractivity contribution in [2.75, 3.05) is 0 Å². The Kier molecular flexibility index (Phi) is 4.27. The van der Waals surface area contributed by atoms with Crippen molar-refractivity contribution >= 4 is 10.8 Å². The second-order valence-electron chi connectivity index (χ2n) is 5.29. The van der Waals surface area contributed by atoms with Gasteiger partial charge in [-0.15, -0.1) is 0 Å². The normalized spacial score (nSPS) is 10.9. The van der Waals surface area contributed by atoms with Crippen LogP contribution in [0.5, 0.6) is 0 Å². The Morgan fingerprint density at radius 3 is 2.52 bits per heavy atom. The van der Waals surface area contributed by atoms with E-state index in [0.29, 0.717) is 0 Å². The summed E-state index contributed by atoms with van der Waals surface area (Å²) in [5.41, 5.74) is 4.04. The van der Waals surface area contributed by atoms with Crippen molar-refractivity contribution in [2.45, 2.75) is 26.4 Å². The van der Waals surface area contributed by atoms with Gasteiger partial charge >= 0.3 is 0 Å². The molecule has 0 amide bonds. The summed E-state index contributed by atoms with van der Waals surface area (Å²) in [6.45, 7) is 3.95. The topological polar surface area (TPSA) is 24.9 Å². The molecule has 0 aliphatic rings. The summed E-state index contributed by atoms with van der Waals surface area (Å²) in [5.74, 6) is 0. The van der Waals surface area contributed by atoms with Crippen LogP contribution in [0.4, 0.5) is 0 Å². The number of pyridine rings is 1. The van der Waals surface area contributed by atoms with E-state index in [-0.39, 0.29) is 0 Å². The molecule has 0 fully saturated rings. The van der Waals surface area contributed by atoms with Crippen LogP contribution in [0.25, 0.3) is 10.8 Å². The Labute approximate surface area is 125 Å². The Balaban J connectivity index is 1.66. The van der Waals surface area contributed by atoms with Gasteiger partial charge in [-0.25, -0.2) is 0 Å². The summed E-state index contributed by atoms with van der Waals surface area (Å²) < 4.78 is 0. The van der Waals surface area contributed by atoms with Crippen molar-refractivity contribution in [2.24, 2.45) is 0 Å². The number of hydrogen-bond donors (Lipinski definition) is 1. The van der Waals surface area contributed by atoms with Gasteiger partial charge in [0.1, 0.15) is 0 Å². The molecule has 2 nitrogen and oxygen atoms in total. The lowest BCUT2D eigenvalue weighted by atomic mass is 10.1. The number of nitrogens with one attached hydrogen (secondary N) is 1. The quantitative estimate of drug-likeness (QED) is 0.759. The fraction of sp³-hybridized carbons (Fsp3) is 0.211. The zero-order chi connectivity index (χ0) is 14.5. The summed E-state index contributed by atoms with van der Waals surface area (Å²) >= 11 is 0. The first-order valence-electron chi connectivity index (χ1n) is 7.47. The molecule has 0 aliphatic carbocycles. The first-order chi connectivity index (χ1) is 10.4. The van der Waals surface area contributed by atoms with E-state index in [1.54, 1.807) is 0 Å². The highest BCUT2D eigenvalue weighted by Gasteiger charge is 2.00. The minimum absolute atomic E-state index is 0.872. The molecule has 0 saturated heterocycles. The molecule has 1 aromatic heterocycles. The summed E-state index contributed by atoms with van der Waals surface area (Å²) in [6.07, 6.45) is 4.87. The number of benzene rings is 2. The average Bonchev–Trinajstić information content (AvgIpc) is 2.56. The van der Waals surface area contributed by atoms with Crippen molar-refractivity contribution in [1.29, 1.82) is 0 Å². The van der Waals surface area contributed by atoms with Crippen LogP contribution in [0.15, 0.2) is 60.9 Å². The fourth-order valence-corrected chi connectivity index (χ4v) is 2.58. The summed E-state index contributed by atoms with van der Waals surface area (Å²) in [6, 6.07) is 17.3. The Morgan fingerprint density at radius 1 is 0.905 bits per heavy atom. The molecule has 0 bridgehead atoms. The lowest BCUT2D eigenvalue weighted by Gasteiger charge is -2.08. The van der Waals surface area contributed by atoms with Crippen molar-refractivity contribution < 1.29 is 0 Å². The monoisotopic (exact) mass is 276 g/mol. The lowest BCUT2D eigenvalue weighted by molar-refractivity contribution is 0.696. The van der Waals surface area contributed by atoms with Crippen LogP contribution in [-0.2, 0) is 19.5 Å². The minimum Gasteiger partial charge on any atom is -0.309 e. The van der Waals surface area contributed by atoms with Crippen molar-refractivity contribution in [3.05, 3.63) is 77.6 Å². The maximum atomic E-state index is 4.18. The van der Waals surface area contributed by atoms with Gasteiger partial charge in [0.2, 0.25) is 0 Å². The number of fused-ring (bicyclic) bond motifs is 1. The number of nitrogens with zero attached hydrogens (tertiary/aromatic N) is 1. The molecule has 3 rings (SSSR count). The van der Waals surface area contributed by atoms with Crippen LogP contribution >= 0.6 is 0 Å². The highest BCUT2D eigenvalue weighted by atomic mass is 14.8. The smallest absolute Gasteiger partial charge is 0.0346 e. The molecule has 0 unspecified atom stereocenters. The molecule has 0 aliphatic heterocycles. The molecule has 0 atom stereocenters. The molecule has 1 heterocycles. The van der Waals surface area contributed by atoms with E-state index in [1.807, 2.05) is 12.4 Å². The standard InChI is InChI=1S/C19H20N2/c1-2-15-6-8-16(9-7-15)12-21-14-18-5-3-4-17-13-20-11-10-19(17)18/h3-11,13,21H,2,12,14H2,1H3. The van der Waals surface area contributed by atoms with Crippen LogP contribution in [0.3, 0.4) is 0 Å². The first kappa shape index (κ1) is 13.8. The summed E-state index contributed by atoms with van der Waals surface area (Å²) in [4.78, 5) is 4.18. The molecule has 1 N–H and O–H groups in total. The number of aryl methyl sites for hydroxylation is 1. The molecule has 0 saturated carbocycles. The lowest BCUT2D eigenvalue weighted by Crippen LogP contribution is -2.12. The van der Waals surface area contributed by atoms with Gasteiger partial charge in [0.15, 0.2) is 0 Å². The Bertz CT molecular complexity index is 712. The van der Waals surface area contributed by atoms with Gasteiger partial charge in [-0.2, -0.15) is 0 Å². The van der Waals surface area contributed by atoms with Gasteiger partial charge in [-0.05, 0) is 34.6 Å². The van der Waals surface area contributed by atoms with Crippen molar-refractivity contribution in [1.82, 2.24) is 10.3 Å². The minimum atomic E-state index is 0.872. The van der Waals surface area contributed by atoms with E-state index in [2.05, 4.69) is 65.8 Å². The van der Waals surface area contributed by atoms with E-state index in [0.717, 1.165) is 19.5 Å². The van der Waals surface area contributed by atoms with Crippen LogP contribution in [0.2, 0.25) is 0 Å². The Morgan fingerprint density at radius 2 is 1.71 bits per heavy atom. The summed E-state index contributed by atoms with van der Waals surface area (Å²) in [7, 11) is 0. The number of aromatic nitrogens is 1. The van der Waals surface area contributed by atoms with Gasteiger partial charge in [0, 0.05) is 30.9 Å². The number of rotatable bonds is 5. The van der Waals surface area contributed by atoms with Crippen LogP contribution < -0.4 is 5.32 Å². The zero-order valence-corrected chi connectivity index (χ0v) is 12.3. The predicted molar refractivity (Wildman–Crippen MR) is 88.1 cm³/mol. The van der Waals surface area contributed by atoms with Crippen LogP contribution in [0, 0.1) is 0 Å². The average molecular weight is 276 g/mol. The molecule has 2 heteroatoms. The van der Waals surface area contributed by atoms with Gasteiger partial charge in [0.05, 0.1) is 0 Å². The van der Waals surface area contributed by atoms with Crippen molar-refractivity contribution in [3.8, 4) is 0 Å². The largest absolute Gasteiger partial charge is 0.309 e. The molecule has 106 valence electrons. The Hall–Kier alpha value is -2.19. The maximum absolute atomic E-state index is 4.18. The third kappa shape index (κ3) is 3.29. The molecule has 0 spiro atoms. The molecule has 3 aromatic rings. The van der Waals surface area contributed by atoms with E-state index < -0.39 is 0 Å². The maximum Gasteiger partial charge on any atom is 0.0346 e. The molecular formula is C19H20N2. The molecule has 0 radical (unpaired) electrons. The number of hydrogen-bond acceptors (Lipinski definition) is 2. The first-order valence-corrected chi connectivity index (χ1v) is 7.47. The van der Waals surface area contributed by atoms with Gasteiger partial charge in [0.25, 0.3) is 0 Å². The van der Waals surface area contributed by atoms with Crippen LogP contribution in [0.1, 0.15) is 23.6 Å².